The molecule has 0 atom stereocenters. The van der Waals surface area contributed by atoms with Crippen molar-refractivity contribution in [3.8, 4) is 0 Å². The molecule has 1 N–H and O–H groups in total. The molecule has 6 nitrogen and oxygen atoms in total. The van der Waals surface area contributed by atoms with Gasteiger partial charge in [-0.3, -0.25) is 0 Å². The van der Waals surface area contributed by atoms with Gasteiger partial charge in [0.15, 0.2) is 11.5 Å². The van der Waals surface area contributed by atoms with Crippen LogP contribution in [0, 0.1) is 0 Å². The van der Waals surface area contributed by atoms with E-state index < -0.39 is 5.97 Å². The number of hydrogen-bond acceptors (Lipinski definition) is 4. The predicted molar refractivity (Wildman–Crippen MR) is 62.2 cm³/mol. The second-order valence-electron chi connectivity index (χ2n) is 4.11. The Morgan fingerprint density at radius 2 is 2.24 bits per heavy atom. The Morgan fingerprint density at radius 3 is 2.88 bits per heavy atom. The molecule has 0 aliphatic heterocycles. The van der Waals surface area contributed by atoms with Crippen LogP contribution in [0.25, 0.3) is 5.65 Å². The molecule has 2 heterocycles. The molecule has 0 amide bonds. The van der Waals surface area contributed by atoms with E-state index in [0.29, 0.717) is 5.65 Å². The van der Waals surface area contributed by atoms with E-state index in [2.05, 4.69) is 10.1 Å². The van der Waals surface area contributed by atoms with Gasteiger partial charge in [-0.15, -0.1) is 0 Å². The summed E-state index contributed by atoms with van der Waals surface area (Å²) in [6, 6.07) is 3.19. The van der Waals surface area contributed by atoms with Crippen molar-refractivity contribution in [3.05, 3.63) is 29.7 Å². The van der Waals surface area contributed by atoms with E-state index in [1.807, 2.05) is 19.0 Å². The van der Waals surface area contributed by atoms with Gasteiger partial charge in [0.2, 0.25) is 0 Å². The van der Waals surface area contributed by atoms with E-state index in [9.17, 15) is 4.79 Å². The fourth-order valence-corrected chi connectivity index (χ4v) is 1.49. The first-order valence-electron chi connectivity index (χ1n) is 5.29. The highest BCUT2D eigenvalue weighted by Gasteiger charge is 2.07. The summed E-state index contributed by atoms with van der Waals surface area (Å²) in [5.41, 5.74) is 0.880. The second kappa shape index (κ2) is 4.50. The highest BCUT2D eigenvalue weighted by molar-refractivity contribution is 5.87. The van der Waals surface area contributed by atoms with Gasteiger partial charge in [0.25, 0.3) is 0 Å². The van der Waals surface area contributed by atoms with E-state index in [1.165, 1.54) is 16.8 Å². The fraction of sp³-hybridized carbons (Fsp3) is 0.364. The molecule has 90 valence electrons. The number of aromatic carboxylic acids is 1. The summed E-state index contributed by atoms with van der Waals surface area (Å²) < 4.78 is 1.51. The van der Waals surface area contributed by atoms with Crippen LogP contribution >= 0.6 is 0 Å². The number of likely N-dealkylation sites (N-methyl/N-ethyl adjacent to an activating group) is 1. The third-order valence-corrected chi connectivity index (χ3v) is 2.40. The zero-order valence-corrected chi connectivity index (χ0v) is 9.79. The topological polar surface area (TPSA) is 70.7 Å². The van der Waals surface area contributed by atoms with Crippen LogP contribution in [0.15, 0.2) is 18.3 Å². The van der Waals surface area contributed by atoms with Crippen LogP contribution in [0.4, 0.5) is 0 Å². The van der Waals surface area contributed by atoms with Crippen LogP contribution in [0.3, 0.4) is 0 Å². The number of nitrogens with zero attached hydrogens (tertiary/aromatic N) is 4. The van der Waals surface area contributed by atoms with Crippen molar-refractivity contribution in [2.75, 3.05) is 20.6 Å². The number of fused-ring (bicyclic) bond motifs is 1. The van der Waals surface area contributed by atoms with E-state index >= 15 is 0 Å². The molecule has 17 heavy (non-hydrogen) atoms. The zero-order chi connectivity index (χ0) is 12.4. The van der Waals surface area contributed by atoms with Gasteiger partial charge >= 0.3 is 5.97 Å². The van der Waals surface area contributed by atoms with Crippen molar-refractivity contribution in [2.45, 2.75) is 6.42 Å². The highest BCUT2D eigenvalue weighted by Crippen LogP contribution is 2.05. The average molecular weight is 234 g/mol. The van der Waals surface area contributed by atoms with Gasteiger partial charge in [-0.25, -0.2) is 14.3 Å². The lowest BCUT2D eigenvalue weighted by Gasteiger charge is -2.05. The number of rotatable bonds is 4. The molecule has 0 aliphatic rings. The van der Waals surface area contributed by atoms with Crippen molar-refractivity contribution < 1.29 is 9.90 Å². The molecule has 0 aliphatic carbocycles. The van der Waals surface area contributed by atoms with Gasteiger partial charge in [-0.2, -0.15) is 5.10 Å². The summed E-state index contributed by atoms with van der Waals surface area (Å²) in [7, 11) is 3.97. The van der Waals surface area contributed by atoms with Gasteiger partial charge in [-0.1, -0.05) is 0 Å². The van der Waals surface area contributed by atoms with Crippen molar-refractivity contribution in [1.82, 2.24) is 19.5 Å². The van der Waals surface area contributed by atoms with E-state index in [1.54, 1.807) is 6.07 Å². The van der Waals surface area contributed by atoms with E-state index in [0.717, 1.165) is 18.8 Å². The average Bonchev–Trinajstić information content (AvgIpc) is 2.67. The maximum absolute atomic E-state index is 10.8. The number of pyridine rings is 1. The summed E-state index contributed by atoms with van der Waals surface area (Å²) in [4.78, 5) is 17.2. The standard InChI is InChI=1S/C11H14N4O2/c1-14(2)6-5-9-12-10-4-3-8(11(16)17)7-15(10)13-9/h3-4,7H,5-6H2,1-2H3,(H,16,17). The van der Waals surface area contributed by atoms with Crippen LogP contribution in [-0.2, 0) is 6.42 Å². The van der Waals surface area contributed by atoms with Crippen molar-refractivity contribution in [1.29, 1.82) is 0 Å². The first-order valence-corrected chi connectivity index (χ1v) is 5.29. The van der Waals surface area contributed by atoms with Crippen LogP contribution in [-0.4, -0.2) is 51.2 Å². The minimum Gasteiger partial charge on any atom is -0.478 e. The van der Waals surface area contributed by atoms with Crippen molar-refractivity contribution >= 4 is 11.6 Å². The van der Waals surface area contributed by atoms with Gasteiger partial charge in [-0.05, 0) is 26.2 Å². The van der Waals surface area contributed by atoms with Gasteiger partial charge < -0.3 is 10.0 Å². The summed E-state index contributed by atoms with van der Waals surface area (Å²) >= 11 is 0. The molecule has 0 unspecified atom stereocenters. The van der Waals surface area contributed by atoms with E-state index in [-0.39, 0.29) is 5.56 Å². The Bertz CT molecular complexity index is 547. The molecular weight excluding hydrogens is 220 g/mol. The number of carboxylic acids is 1. The molecule has 0 bridgehead atoms. The molecule has 0 saturated heterocycles. The highest BCUT2D eigenvalue weighted by atomic mass is 16.4. The summed E-state index contributed by atoms with van der Waals surface area (Å²) in [6.07, 6.45) is 2.22. The quantitative estimate of drug-likeness (QED) is 0.835. The lowest BCUT2D eigenvalue weighted by atomic mass is 10.3. The Balaban J connectivity index is 2.27. The molecule has 0 radical (unpaired) electrons. The fourth-order valence-electron chi connectivity index (χ4n) is 1.49. The number of carbonyl (C=O) groups is 1. The van der Waals surface area contributed by atoms with Crippen LogP contribution in [0.5, 0.6) is 0 Å². The van der Waals surface area contributed by atoms with Crippen molar-refractivity contribution in [3.63, 3.8) is 0 Å². The Morgan fingerprint density at radius 1 is 1.47 bits per heavy atom. The lowest BCUT2D eigenvalue weighted by molar-refractivity contribution is 0.0696. The molecule has 2 aromatic rings. The molecule has 2 aromatic heterocycles. The van der Waals surface area contributed by atoms with Crippen LogP contribution < -0.4 is 0 Å². The molecule has 0 spiro atoms. The van der Waals surface area contributed by atoms with Gasteiger partial charge in [0, 0.05) is 19.2 Å². The molecule has 0 fully saturated rings. The maximum Gasteiger partial charge on any atom is 0.337 e. The summed E-state index contributed by atoms with van der Waals surface area (Å²) in [6.45, 7) is 0.864. The minimum absolute atomic E-state index is 0.210. The van der Waals surface area contributed by atoms with Crippen LogP contribution in [0.2, 0.25) is 0 Å². The third-order valence-electron chi connectivity index (χ3n) is 2.40. The first kappa shape index (κ1) is 11.5. The van der Waals surface area contributed by atoms with Crippen LogP contribution in [0.1, 0.15) is 16.2 Å². The predicted octanol–water partition coefficient (Wildman–Crippen LogP) is 0.532. The molecule has 0 saturated carbocycles. The first-order chi connectivity index (χ1) is 8.06. The maximum atomic E-state index is 10.8. The second-order valence-corrected chi connectivity index (χ2v) is 4.11. The SMILES string of the molecule is CN(C)CCc1nc2ccc(C(=O)O)cn2n1. The number of hydrogen-bond donors (Lipinski definition) is 1. The summed E-state index contributed by atoms with van der Waals surface area (Å²) in [5, 5.41) is 13.1. The Labute approximate surface area is 98.5 Å². The minimum atomic E-state index is -0.961. The Hall–Kier alpha value is -1.95. The smallest absolute Gasteiger partial charge is 0.337 e. The summed E-state index contributed by atoms with van der Waals surface area (Å²) in [5.74, 6) is -0.238. The number of aromatic nitrogens is 3. The monoisotopic (exact) mass is 234 g/mol. The van der Waals surface area contributed by atoms with Gasteiger partial charge in [0.05, 0.1) is 5.56 Å². The number of carboxylic acid groups (broad SMARTS) is 1. The van der Waals surface area contributed by atoms with Gasteiger partial charge in [0.1, 0.15) is 0 Å². The molecule has 2 rings (SSSR count). The molecule has 6 heteroatoms. The van der Waals surface area contributed by atoms with E-state index in [4.69, 9.17) is 5.11 Å². The molecular formula is C11H14N4O2. The normalized spacial score (nSPS) is 11.2. The van der Waals surface area contributed by atoms with Crippen molar-refractivity contribution in [2.24, 2.45) is 0 Å². The molecule has 0 aromatic carbocycles. The third kappa shape index (κ3) is 2.59. The Kier molecular flexibility index (Phi) is 3.06. The largest absolute Gasteiger partial charge is 0.478 e. The zero-order valence-electron chi connectivity index (χ0n) is 9.79. The lowest BCUT2D eigenvalue weighted by Crippen LogP contribution is -2.15.